The molecule has 0 aliphatic carbocycles. The molecule has 0 radical (unpaired) electrons. The van der Waals surface area contributed by atoms with Gasteiger partial charge in [-0.3, -0.25) is 0 Å². The molecule has 0 amide bonds. The van der Waals surface area contributed by atoms with Crippen LogP contribution in [0.1, 0.15) is 17.0 Å². The van der Waals surface area contributed by atoms with E-state index in [0.717, 1.165) is 5.56 Å². The standard InChI is InChI=1S/C14H15N5O2/c1-9-3-4-10(7-15)5-11(9)21-14-6-12(19-16)17-13(18-14)8-20-2/h3-6H,8,16H2,1-2H3,(H,17,18,19). The molecule has 0 saturated carbocycles. The summed E-state index contributed by atoms with van der Waals surface area (Å²) in [6, 6.07) is 8.83. The maximum atomic E-state index is 8.94. The second-order valence-electron chi connectivity index (χ2n) is 4.28. The van der Waals surface area contributed by atoms with Crippen LogP contribution in [0.25, 0.3) is 0 Å². The third-order valence-corrected chi connectivity index (χ3v) is 2.70. The van der Waals surface area contributed by atoms with Crippen LogP contribution in [0.3, 0.4) is 0 Å². The Morgan fingerprint density at radius 3 is 2.81 bits per heavy atom. The van der Waals surface area contributed by atoms with E-state index in [0.29, 0.717) is 28.8 Å². The van der Waals surface area contributed by atoms with E-state index in [1.165, 1.54) is 0 Å². The van der Waals surface area contributed by atoms with Crippen molar-refractivity contribution in [3.63, 3.8) is 0 Å². The molecule has 7 nitrogen and oxygen atoms in total. The predicted molar refractivity (Wildman–Crippen MR) is 76.5 cm³/mol. The highest BCUT2D eigenvalue weighted by Crippen LogP contribution is 2.26. The second-order valence-corrected chi connectivity index (χ2v) is 4.28. The van der Waals surface area contributed by atoms with E-state index in [2.05, 4.69) is 21.5 Å². The smallest absolute Gasteiger partial charge is 0.224 e. The second kappa shape index (κ2) is 6.65. The van der Waals surface area contributed by atoms with Crippen molar-refractivity contribution >= 4 is 5.82 Å². The van der Waals surface area contributed by atoms with Crippen molar-refractivity contribution in [3.8, 4) is 17.7 Å². The van der Waals surface area contributed by atoms with E-state index in [-0.39, 0.29) is 6.61 Å². The Labute approximate surface area is 122 Å². The van der Waals surface area contributed by atoms with E-state index in [9.17, 15) is 0 Å². The number of nitrogens with zero attached hydrogens (tertiary/aromatic N) is 3. The van der Waals surface area contributed by atoms with Crippen LogP contribution >= 0.6 is 0 Å². The normalized spacial score (nSPS) is 10.0. The van der Waals surface area contributed by atoms with Crippen molar-refractivity contribution in [2.75, 3.05) is 12.5 Å². The summed E-state index contributed by atoms with van der Waals surface area (Å²) in [6.07, 6.45) is 0. The van der Waals surface area contributed by atoms with Crippen LogP contribution in [0, 0.1) is 18.3 Å². The number of methoxy groups -OCH3 is 1. The Kier molecular flexibility index (Phi) is 4.66. The summed E-state index contributed by atoms with van der Waals surface area (Å²) in [5.41, 5.74) is 3.85. The van der Waals surface area contributed by atoms with Gasteiger partial charge in [0.25, 0.3) is 0 Å². The van der Waals surface area contributed by atoms with Crippen LogP contribution in [-0.2, 0) is 11.3 Å². The van der Waals surface area contributed by atoms with Crippen molar-refractivity contribution in [2.45, 2.75) is 13.5 Å². The average molecular weight is 285 g/mol. The molecule has 0 unspecified atom stereocenters. The highest BCUT2D eigenvalue weighted by molar-refractivity contribution is 5.45. The Balaban J connectivity index is 2.34. The Bertz CT molecular complexity index is 682. The van der Waals surface area contributed by atoms with Gasteiger partial charge in [-0.1, -0.05) is 6.07 Å². The minimum Gasteiger partial charge on any atom is -0.439 e. The summed E-state index contributed by atoms with van der Waals surface area (Å²) in [4.78, 5) is 8.36. The molecule has 1 aromatic heterocycles. The van der Waals surface area contributed by atoms with Crippen molar-refractivity contribution in [2.24, 2.45) is 5.84 Å². The number of anilines is 1. The first-order valence-corrected chi connectivity index (χ1v) is 6.18. The fraction of sp³-hybridized carbons (Fsp3) is 0.214. The Hall–Kier alpha value is -2.69. The van der Waals surface area contributed by atoms with E-state index in [1.807, 2.05) is 13.0 Å². The zero-order chi connectivity index (χ0) is 15.2. The van der Waals surface area contributed by atoms with Gasteiger partial charge in [0.1, 0.15) is 18.2 Å². The van der Waals surface area contributed by atoms with Gasteiger partial charge in [0.2, 0.25) is 5.88 Å². The maximum Gasteiger partial charge on any atom is 0.224 e. The van der Waals surface area contributed by atoms with Crippen LogP contribution in [0.4, 0.5) is 5.82 Å². The van der Waals surface area contributed by atoms with Gasteiger partial charge in [0.15, 0.2) is 5.82 Å². The molecule has 1 heterocycles. The first-order valence-electron chi connectivity index (χ1n) is 6.18. The summed E-state index contributed by atoms with van der Waals surface area (Å²) >= 11 is 0. The third-order valence-electron chi connectivity index (χ3n) is 2.70. The maximum absolute atomic E-state index is 8.94. The summed E-state index contributed by atoms with van der Waals surface area (Å²) in [5.74, 6) is 7.11. The summed E-state index contributed by atoms with van der Waals surface area (Å²) < 4.78 is 10.7. The lowest BCUT2D eigenvalue weighted by Gasteiger charge is -2.10. The number of rotatable bonds is 5. The molecule has 0 saturated heterocycles. The Morgan fingerprint density at radius 2 is 2.14 bits per heavy atom. The zero-order valence-corrected chi connectivity index (χ0v) is 11.8. The monoisotopic (exact) mass is 285 g/mol. The van der Waals surface area contributed by atoms with Crippen molar-refractivity contribution in [1.82, 2.24) is 9.97 Å². The van der Waals surface area contributed by atoms with Gasteiger partial charge in [0.05, 0.1) is 11.6 Å². The first kappa shape index (κ1) is 14.7. The number of hydrazine groups is 1. The van der Waals surface area contributed by atoms with Gasteiger partial charge in [-0.15, -0.1) is 0 Å². The topological polar surface area (TPSA) is 106 Å². The Morgan fingerprint density at radius 1 is 1.33 bits per heavy atom. The van der Waals surface area contributed by atoms with Crippen molar-refractivity contribution in [1.29, 1.82) is 5.26 Å². The molecule has 21 heavy (non-hydrogen) atoms. The van der Waals surface area contributed by atoms with Crippen LogP contribution in [0.15, 0.2) is 24.3 Å². The highest BCUT2D eigenvalue weighted by Gasteiger charge is 2.08. The SMILES string of the molecule is COCc1nc(NN)cc(Oc2cc(C#N)ccc2C)n1. The molecule has 2 rings (SSSR count). The van der Waals surface area contributed by atoms with Crippen LogP contribution in [0.2, 0.25) is 0 Å². The van der Waals surface area contributed by atoms with Gasteiger partial charge in [-0.2, -0.15) is 10.2 Å². The molecule has 0 atom stereocenters. The van der Waals surface area contributed by atoms with Crippen molar-refractivity contribution < 1.29 is 9.47 Å². The van der Waals surface area contributed by atoms with Gasteiger partial charge in [-0.05, 0) is 24.6 Å². The number of hydrogen-bond acceptors (Lipinski definition) is 7. The van der Waals surface area contributed by atoms with Gasteiger partial charge < -0.3 is 14.9 Å². The molecule has 1 aromatic carbocycles. The average Bonchev–Trinajstić information content (AvgIpc) is 2.49. The predicted octanol–water partition coefficient (Wildman–Crippen LogP) is 1.88. The molecular formula is C14H15N5O2. The number of aryl methyl sites for hydroxylation is 1. The van der Waals surface area contributed by atoms with E-state index < -0.39 is 0 Å². The van der Waals surface area contributed by atoms with E-state index >= 15 is 0 Å². The van der Waals surface area contributed by atoms with E-state index in [1.54, 1.807) is 25.3 Å². The number of ether oxygens (including phenoxy) is 2. The minimum atomic E-state index is 0.239. The summed E-state index contributed by atoms with van der Waals surface area (Å²) in [5, 5.41) is 8.94. The molecule has 0 spiro atoms. The van der Waals surface area contributed by atoms with Crippen molar-refractivity contribution in [3.05, 3.63) is 41.2 Å². The first-order chi connectivity index (χ1) is 10.2. The van der Waals surface area contributed by atoms with Crippen LogP contribution in [0.5, 0.6) is 11.6 Å². The molecule has 108 valence electrons. The number of nitriles is 1. The number of nitrogen functional groups attached to an aromatic ring is 1. The summed E-state index contributed by atoms with van der Waals surface area (Å²) in [6.45, 7) is 2.12. The molecule has 0 fully saturated rings. The largest absolute Gasteiger partial charge is 0.439 e. The fourth-order valence-electron chi connectivity index (χ4n) is 1.68. The lowest BCUT2D eigenvalue weighted by atomic mass is 10.1. The molecule has 7 heteroatoms. The number of aromatic nitrogens is 2. The lowest BCUT2D eigenvalue weighted by Crippen LogP contribution is -2.11. The number of benzene rings is 1. The van der Waals surface area contributed by atoms with Gasteiger partial charge in [-0.25, -0.2) is 10.8 Å². The molecule has 0 bridgehead atoms. The molecule has 3 N–H and O–H groups in total. The van der Waals surface area contributed by atoms with Gasteiger partial charge >= 0.3 is 0 Å². The molecule has 0 aliphatic heterocycles. The number of nitrogens with one attached hydrogen (secondary N) is 1. The van der Waals surface area contributed by atoms with Crippen LogP contribution < -0.4 is 16.0 Å². The minimum absolute atomic E-state index is 0.239. The molecule has 0 aliphatic rings. The third kappa shape index (κ3) is 3.66. The van der Waals surface area contributed by atoms with E-state index in [4.69, 9.17) is 20.6 Å². The fourth-order valence-corrected chi connectivity index (χ4v) is 1.68. The highest BCUT2D eigenvalue weighted by atomic mass is 16.5. The van der Waals surface area contributed by atoms with Gasteiger partial charge in [0, 0.05) is 13.2 Å². The molecule has 2 aromatic rings. The number of nitrogens with two attached hydrogens (primary N) is 1. The summed E-state index contributed by atoms with van der Waals surface area (Å²) in [7, 11) is 1.55. The quantitative estimate of drug-likeness (QED) is 0.638. The zero-order valence-electron chi connectivity index (χ0n) is 11.8. The molecular weight excluding hydrogens is 270 g/mol. The lowest BCUT2D eigenvalue weighted by molar-refractivity contribution is 0.177. The number of hydrogen-bond donors (Lipinski definition) is 2. The van der Waals surface area contributed by atoms with Crippen LogP contribution in [-0.4, -0.2) is 17.1 Å².